The van der Waals surface area contributed by atoms with Gasteiger partial charge in [-0.1, -0.05) is 40.0 Å². The molecule has 0 unspecified atom stereocenters. The minimum atomic E-state index is -3.39. The number of hydrogen-bond donors (Lipinski definition) is 2. The van der Waals surface area contributed by atoms with Gasteiger partial charge >= 0.3 is 11.9 Å². The molecule has 7 heteroatoms. The van der Waals surface area contributed by atoms with E-state index in [0.717, 1.165) is 19.3 Å². The molecule has 2 N–H and O–H groups in total. The Labute approximate surface area is 172 Å². The summed E-state index contributed by atoms with van der Waals surface area (Å²) in [6.45, 7) is 5.06. The number of rotatable bonds is 14. The van der Waals surface area contributed by atoms with Crippen molar-refractivity contribution in [3.05, 3.63) is 0 Å². The van der Waals surface area contributed by atoms with Gasteiger partial charge in [0.1, 0.15) is 5.78 Å². The topological polar surface area (TPSA) is 91.7 Å². The Morgan fingerprint density at radius 3 is 2.28 bits per heavy atom. The molecule has 1 aliphatic carbocycles. The normalized spacial score (nSPS) is 23.6. The zero-order chi connectivity index (χ0) is 22.2. The lowest BCUT2D eigenvalue weighted by atomic mass is 9.83. The second kappa shape index (κ2) is 11.7. The average Bonchev–Trinajstić information content (AvgIpc) is 2.87. The van der Waals surface area contributed by atoms with Crippen LogP contribution < -0.4 is 0 Å². The molecule has 0 aromatic carbocycles. The van der Waals surface area contributed by atoms with E-state index >= 15 is 0 Å². The van der Waals surface area contributed by atoms with E-state index in [1.807, 2.05) is 13.8 Å². The smallest absolute Gasteiger partial charge is 0.307 e. The van der Waals surface area contributed by atoms with E-state index in [2.05, 4.69) is 0 Å². The summed E-state index contributed by atoms with van der Waals surface area (Å²) in [5.41, 5.74) is 0. The van der Waals surface area contributed by atoms with E-state index in [-0.39, 0.29) is 43.8 Å². The summed E-state index contributed by atoms with van der Waals surface area (Å²) in [7, 11) is 0. The van der Waals surface area contributed by atoms with Crippen LogP contribution in [0.2, 0.25) is 0 Å². The van der Waals surface area contributed by atoms with Crippen molar-refractivity contribution in [3.8, 4) is 0 Å². The Bertz CT molecular complexity index is 561. The number of unbranched alkanes of at least 4 members (excludes halogenated alkanes) is 3. The van der Waals surface area contributed by atoms with Crippen LogP contribution in [0.5, 0.6) is 0 Å². The second-order valence-electron chi connectivity index (χ2n) is 8.97. The minimum Gasteiger partial charge on any atom is -0.481 e. The third kappa shape index (κ3) is 8.11. The summed E-state index contributed by atoms with van der Waals surface area (Å²) in [4.78, 5) is 34.9. The molecular weight excluding hydrogens is 382 g/mol. The van der Waals surface area contributed by atoms with Crippen LogP contribution in [0.25, 0.3) is 0 Å². The molecule has 1 aliphatic rings. The molecule has 168 valence electrons. The third-order valence-electron chi connectivity index (χ3n) is 6.01. The highest BCUT2D eigenvalue weighted by molar-refractivity contribution is 5.87. The van der Waals surface area contributed by atoms with Crippen molar-refractivity contribution < 1.29 is 33.4 Å². The first-order chi connectivity index (χ1) is 13.5. The molecule has 0 aromatic rings. The molecule has 1 rings (SSSR count). The zero-order valence-electron chi connectivity index (χ0n) is 17.8. The molecule has 0 heterocycles. The fourth-order valence-corrected chi connectivity index (χ4v) is 4.37. The van der Waals surface area contributed by atoms with E-state index in [0.29, 0.717) is 12.8 Å². The molecule has 0 saturated heterocycles. The van der Waals surface area contributed by atoms with Gasteiger partial charge in [0.05, 0.1) is 6.10 Å². The predicted octanol–water partition coefficient (Wildman–Crippen LogP) is 4.64. The highest BCUT2D eigenvalue weighted by Crippen LogP contribution is 2.38. The van der Waals surface area contributed by atoms with Crippen molar-refractivity contribution in [3.63, 3.8) is 0 Å². The van der Waals surface area contributed by atoms with Gasteiger partial charge in [-0.25, -0.2) is 0 Å². The monoisotopic (exact) mass is 418 g/mol. The molecule has 0 radical (unpaired) electrons. The molecule has 5 nitrogen and oxygen atoms in total. The van der Waals surface area contributed by atoms with Gasteiger partial charge in [0.25, 0.3) is 0 Å². The molecule has 0 amide bonds. The molecule has 4 atom stereocenters. The maximum atomic E-state index is 14.4. The number of carboxylic acid groups (broad SMARTS) is 1. The molecule has 0 spiro atoms. The van der Waals surface area contributed by atoms with Gasteiger partial charge in [-0.15, -0.1) is 0 Å². The van der Waals surface area contributed by atoms with E-state index in [9.17, 15) is 28.3 Å². The first-order valence-corrected chi connectivity index (χ1v) is 10.8. The summed E-state index contributed by atoms with van der Waals surface area (Å²) in [5.74, 6) is -7.23. The maximum absolute atomic E-state index is 14.4. The molecule has 1 saturated carbocycles. The van der Waals surface area contributed by atoms with Crippen LogP contribution in [-0.4, -0.2) is 39.8 Å². The summed E-state index contributed by atoms with van der Waals surface area (Å²) in [6.07, 6.45) is 2.65. The van der Waals surface area contributed by atoms with Crippen LogP contribution in [0.3, 0.4) is 0 Å². The van der Waals surface area contributed by atoms with Crippen LogP contribution in [0.1, 0.15) is 85.0 Å². The fraction of sp³-hybridized carbons (Fsp3) is 0.864. The lowest BCUT2D eigenvalue weighted by Gasteiger charge is -2.25. The SMILES string of the molecule is CC(C)C[C@@H](C)C(F)(F)C(=O)CC[C@H]1[C@H](O)CC(=O)[C@@H]1CCCCCCC(=O)O. The molecular formula is C22H36F2O5. The van der Waals surface area contributed by atoms with Crippen molar-refractivity contribution in [1.29, 1.82) is 0 Å². The first-order valence-electron chi connectivity index (χ1n) is 10.8. The number of alkyl halides is 2. The van der Waals surface area contributed by atoms with Crippen molar-refractivity contribution in [2.24, 2.45) is 23.7 Å². The van der Waals surface area contributed by atoms with Gasteiger partial charge in [-0.3, -0.25) is 14.4 Å². The number of ketones is 2. The number of Topliss-reactive ketones (excluding diaryl/α,β-unsaturated/α-hetero) is 2. The van der Waals surface area contributed by atoms with E-state index in [4.69, 9.17) is 5.11 Å². The van der Waals surface area contributed by atoms with Gasteiger partial charge in [0, 0.05) is 31.1 Å². The van der Waals surface area contributed by atoms with Gasteiger partial charge in [0.2, 0.25) is 5.78 Å². The molecule has 29 heavy (non-hydrogen) atoms. The quantitative estimate of drug-likeness (QED) is 0.401. The van der Waals surface area contributed by atoms with Gasteiger partial charge in [-0.05, 0) is 37.5 Å². The Balaban J connectivity index is 2.53. The number of halogens is 2. The van der Waals surface area contributed by atoms with Crippen molar-refractivity contribution >= 4 is 17.5 Å². The highest BCUT2D eigenvalue weighted by atomic mass is 19.3. The molecule has 0 aliphatic heterocycles. The Hall–Kier alpha value is -1.37. The summed E-state index contributed by atoms with van der Waals surface area (Å²) < 4.78 is 28.7. The Morgan fingerprint density at radius 1 is 1.07 bits per heavy atom. The zero-order valence-corrected chi connectivity index (χ0v) is 17.8. The van der Waals surface area contributed by atoms with Crippen molar-refractivity contribution in [2.75, 3.05) is 0 Å². The Kier molecular flexibility index (Phi) is 10.4. The number of aliphatic hydroxyl groups excluding tert-OH is 1. The van der Waals surface area contributed by atoms with Gasteiger partial charge in [0.15, 0.2) is 0 Å². The summed E-state index contributed by atoms with van der Waals surface area (Å²) >= 11 is 0. The third-order valence-corrected chi connectivity index (χ3v) is 6.01. The number of carbonyl (C=O) groups excluding carboxylic acids is 2. The molecule has 1 fully saturated rings. The Morgan fingerprint density at radius 2 is 1.69 bits per heavy atom. The number of carbonyl (C=O) groups is 3. The summed E-state index contributed by atoms with van der Waals surface area (Å²) in [5, 5.41) is 18.8. The number of aliphatic hydroxyl groups is 1. The van der Waals surface area contributed by atoms with Crippen LogP contribution >= 0.6 is 0 Å². The lowest BCUT2D eigenvalue weighted by Crippen LogP contribution is -2.37. The van der Waals surface area contributed by atoms with Crippen LogP contribution in [0.15, 0.2) is 0 Å². The lowest BCUT2D eigenvalue weighted by molar-refractivity contribution is -0.152. The standard InChI is InChI=1S/C22H36F2O5/c1-14(2)12-15(3)22(23,24)20(27)11-10-17-16(18(25)13-19(17)26)8-6-4-5-7-9-21(28)29/h14-17,19,26H,4-13H2,1-3H3,(H,28,29)/t15-,16-,17-,19-/m1/s1. The van der Waals surface area contributed by atoms with E-state index < -0.39 is 41.5 Å². The predicted molar refractivity (Wildman–Crippen MR) is 106 cm³/mol. The van der Waals surface area contributed by atoms with Gasteiger partial charge < -0.3 is 10.2 Å². The van der Waals surface area contributed by atoms with Crippen molar-refractivity contribution in [2.45, 2.75) is 97.0 Å². The van der Waals surface area contributed by atoms with Crippen LogP contribution in [-0.2, 0) is 14.4 Å². The van der Waals surface area contributed by atoms with Gasteiger partial charge in [-0.2, -0.15) is 8.78 Å². The van der Waals surface area contributed by atoms with Crippen molar-refractivity contribution in [1.82, 2.24) is 0 Å². The van der Waals surface area contributed by atoms with E-state index in [1.54, 1.807) is 0 Å². The second-order valence-corrected chi connectivity index (χ2v) is 8.97. The van der Waals surface area contributed by atoms with Crippen LogP contribution in [0.4, 0.5) is 8.78 Å². The molecule has 0 bridgehead atoms. The maximum Gasteiger partial charge on any atom is 0.307 e. The summed E-state index contributed by atoms with van der Waals surface area (Å²) in [6, 6.07) is 0. The average molecular weight is 419 g/mol. The first kappa shape index (κ1) is 25.7. The largest absolute Gasteiger partial charge is 0.481 e. The van der Waals surface area contributed by atoms with E-state index in [1.165, 1.54) is 6.92 Å². The minimum absolute atomic E-state index is 0.0166. The number of hydrogen-bond acceptors (Lipinski definition) is 4. The number of carboxylic acids is 1. The van der Waals surface area contributed by atoms with Crippen LogP contribution in [0, 0.1) is 23.7 Å². The fourth-order valence-electron chi connectivity index (χ4n) is 4.37. The molecule has 0 aromatic heterocycles. The number of aliphatic carboxylic acids is 1. The highest BCUT2D eigenvalue weighted by Gasteiger charge is 2.46.